The van der Waals surface area contributed by atoms with Crippen molar-refractivity contribution in [3.8, 4) is 5.95 Å². The first-order valence-corrected chi connectivity index (χ1v) is 7.88. The number of rotatable bonds is 8. The van der Waals surface area contributed by atoms with Gasteiger partial charge in [-0.3, -0.25) is 4.57 Å². The number of hydrogen-bond donors (Lipinski definition) is 2. The average molecular weight is 293 g/mol. The molecule has 2 rings (SSSR count). The second-order valence-corrected chi connectivity index (χ2v) is 5.11. The summed E-state index contributed by atoms with van der Waals surface area (Å²) in [6, 6.07) is 0. The first kappa shape index (κ1) is 14.6. The molecule has 0 radical (unpaired) electrons. The van der Waals surface area contributed by atoms with E-state index in [1.54, 1.807) is 30.3 Å². The van der Waals surface area contributed by atoms with E-state index >= 15 is 0 Å². The fourth-order valence-corrected chi connectivity index (χ4v) is 2.11. The Balaban J connectivity index is 2.03. The predicted molar refractivity (Wildman–Crippen MR) is 82.6 cm³/mol. The van der Waals surface area contributed by atoms with Gasteiger partial charge in [-0.25, -0.2) is 4.98 Å². The lowest BCUT2D eigenvalue weighted by Crippen LogP contribution is -2.11. The van der Waals surface area contributed by atoms with Gasteiger partial charge in [-0.15, -0.1) is 0 Å². The maximum atomic E-state index is 4.39. The Morgan fingerprint density at radius 2 is 2.05 bits per heavy atom. The minimum Gasteiger partial charge on any atom is -0.357 e. The summed E-state index contributed by atoms with van der Waals surface area (Å²) in [4.78, 5) is 17.0. The number of unbranched alkanes of at least 4 members (excludes halogenated alkanes) is 1. The van der Waals surface area contributed by atoms with Crippen LogP contribution in [0.4, 0.5) is 11.9 Å². The molecule has 2 aromatic rings. The summed E-state index contributed by atoms with van der Waals surface area (Å²) in [7, 11) is 1.79. The van der Waals surface area contributed by atoms with Gasteiger partial charge in [0, 0.05) is 26.0 Å². The molecule has 8 heteroatoms. The quantitative estimate of drug-likeness (QED) is 0.716. The summed E-state index contributed by atoms with van der Waals surface area (Å²) >= 11 is 1.87. The Kier molecular flexibility index (Phi) is 5.60. The molecule has 0 amide bonds. The van der Waals surface area contributed by atoms with Gasteiger partial charge < -0.3 is 10.6 Å². The molecule has 2 heterocycles. The van der Waals surface area contributed by atoms with E-state index in [4.69, 9.17) is 0 Å². The SMILES string of the molecule is CNc1nc(NCCCCSC)nc(-n2ccnc2)n1. The third-order valence-corrected chi connectivity index (χ3v) is 3.34. The molecule has 0 unspecified atom stereocenters. The smallest absolute Gasteiger partial charge is 0.241 e. The first-order chi connectivity index (χ1) is 9.83. The van der Waals surface area contributed by atoms with Crippen LogP contribution in [0.1, 0.15) is 12.8 Å². The minimum absolute atomic E-state index is 0.537. The van der Waals surface area contributed by atoms with E-state index in [1.807, 2.05) is 11.8 Å². The summed E-state index contributed by atoms with van der Waals surface area (Å²) in [6.45, 7) is 0.858. The van der Waals surface area contributed by atoms with Gasteiger partial charge in [0.1, 0.15) is 6.33 Å². The van der Waals surface area contributed by atoms with Gasteiger partial charge in [-0.05, 0) is 24.9 Å². The number of imidazole rings is 1. The highest BCUT2D eigenvalue weighted by atomic mass is 32.2. The van der Waals surface area contributed by atoms with Crippen LogP contribution in [0.25, 0.3) is 5.95 Å². The maximum Gasteiger partial charge on any atom is 0.241 e. The molecule has 0 aliphatic carbocycles. The van der Waals surface area contributed by atoms with Gasteiger partial charge in [-0.1, -0.05) is 0 Å². The zero-order valence-electron chi connectivity index (χ0n) is 11.7. The Bertz CT molecular complexity index is 515. The zero-order chi connectivity index (χ0) is 14.2. The van der Waals surface area contributed by atoms with Crippen LogP contribution in [0.5, 0.6) is 0 Å². The molecule has 0 saturated carbocycles. The highest BCUT2D eigenvalue weighted by Gasteiger charge is 2.06. The van der Waals surface area contributed by atoms with Gasteiger partial charge in [0.15, 0.2) is 0 Å². The predicted octanol–water partition coefficient (Wildman–Crippen LogP) is 1.65. The Hall–Kier alpha value is -1.83. The standard InChI is InChI=1S/C12H19N7S/c1-13-10-16-11(15-5-3-4-8-20-2)18-12(17-10)19-7-6-14-9-19/h6-7,9H,3-5,8H2,1-2H3,(H2,13,15,16,17,18). The molecule has 0 fully saturated rings. The van der Waals surface area contributed by atoms with Gasteiger partial charge in [0.05, 0.1) is 0 Å². The minimum atomic E-state index is 0.537. The molecule has 0 spiro atoms. The molecule has 0 saturated heterocycles. The molecule has 0 atom stereocenters. The number of nitrogens with zero attached hydrogens (tertiary/aromatic N) is 5. The molecule has 7 nitrogen and oxygen atoms in total. The summed E-state index contributed by atoms with van der Waals surface area (Å²) in [5.41, 5.74) is 0. The molecule has 2 N–H and O–H groups in total. The number of nitrogens with one attached hydrogen (secondary N) is 2. The molecule has 0 bridgehead atoms. The molecule has 2 aromatic heterocycles. The summed E-state index contributed by atoms with van der Waals surface area (Å²) in [5, 5.41) is 6.18. The topological polar surface area (TPSA) is 80.5 Å². The van der Waals surface area contributed by atoms with E-state index in [-0.39, 0.29) is 0 Å². The summed E-state index contributed by atoms with van der Waals surface area (Å²) < 4.78 is 1.75. The number of hydrogen-bond acceptors (Lipinski definition) is 7. The van der Waals surface area contributed by atoms with Crippen molar-refractivity contribution in [1.29, 1.82) is 0 Å². The largest absolute Gasteiger partial charge is 0.357 e. The van der Waals surface area contributed by atoms with E-state index in [9.17, 15) is 0 Å². The second-order valence-electron chi connectivity index (χ2n) is 4.13. The third-order valence-electron chi connectivity index (χ3n) is 2.64. The average Bonchev–Trinajstić information content (AvgIpc) is 3.01. The van der Waals surface area contributed by atoms with Crippen LogP contribution >= 0.6 is 11.8 Å². The van der Waals surface area contributed by atoms with Gasteiger partial charge in [-0.2, -0.15) is 26.7 Å². The van der Waals surface area contributed by atoms with Crippen molar-refractivity contribution >= 4 is 23.7 Å². The molecular weight excluding hydrogens is 274 g/mol. The van der Waals surface area contributed by atoms with E-state index < -0.39 is 0 Å². The Morgan fingerprint density at radius 1 is 1.20 bits per heavy atom. The van der Waals surface area contributed by atoms with Crippen LogP contribution in [-0.2, 0) is 0 Å². The maximum absolute atomic E-state index is 4.39. The zero-order valence-corrected chi connectivity index (χ0v) is 12.5. The Morgan fingerprint density at radius 3 is 2.75 bits per heavy atom. The van der Waals surface area contributed by atoms with Crippen LogP contribution in [0.2, 0.25) is 0 Å². The highest BCUT2D eigenvalue weighted by Crippen LogP contribution is 2.09. The van der Waals surface area contributed by atoms with Crippen molar-refractivity contribution in [1.82, 2.24) is 24.5 Å². The van der Waals surface area contributed by atoms with Crippen molar-refractivity contribution in [2.75, 3.05) is 36.2 Å². The third kappa shape index (κ3) is 4.09. The van der Waals surface area contributed by atoms with E-state index in [1.165, 1.54) is 12.2 Å². The van der Waals surface area contributed by atoms with Crippen molar-refractivity contribution in [3.63, 3.8) is 0 Å². The fraction of sp³-hybridized carbons (Fsp3) is 0.500. The van der Waals surface area contributed by atoms with E-state index in [0.29, 0.717) is 17.8 Å². The number of anilines is 2. The van der Waals surface area contributed by atoms with Crippen LogP contribution in [-0.4, -0.2) is 50.1 Å². The van der Waals surface area contributed by atoms with Crippen molar-refractivity contribution < 1.29 is 0 Å². The molecule has 0 aliphatic heterocycles. The number of aromatic nitrogens is 5. The summed E-state index contributed by atoms with van der Waals surface area (Å²) in [5.74, 6) is 2.85. The summed E-state index contributed by atoms with van der Waals surface area (Å²) in [6.07, 6.45) is 9.57. The lowest BCUT2D eigenvalue weighted by Gasteiger charge is -2.08. The fourth-order valence-electron chi connectivity index (χ4n) is 1.62. The lowest BCUT2D eigenvalue weighted by molar-refractivity contribution is 0.825. The normalized spacial score (nSPS) is 10.5. The van der Waals surface area contributed by atoms with Crippen LogP contribution in [0.15, 0.2) is 18.7 Å². The van der Waals surface area contributed by atoms with Crippen LogP contribution in [0, 0.1) is 0 Å². The van der Waals surface area contributed by atoms with Gasteiger partial charge in [0.2, 0.25) is 17.8 Å². The molecule has 0 aliphatic rings. The van der Waals surface area contributed by atoms with Crippen molar-refractivity contribution in [2.24, 2.45) is 0 Å². The van der Waals surface area contributed by atoms with Crippen LogP contribution < -0.4 is 10.6 Å². The van der Waals surface area contributed by atoms with Crippen LogP contribution in [0.3, 0.4) is 0 Å². The first-order valence-electron chi connectivity index (χ1n) is 6.48. The van der Waals surface area contributed by atoms with E-state index in [2.05, 4.69) is 36.8 Å². The Labute approximate surface area is 122 Å². The molecule has 0 aromatic carbocycles. The highest BCUT2D eigenvalue weighted by molar-refractivity contribution is 7.98. The second kappa shape index (κ2) is 7.68. The van der Waals surface area contributed by atoms with E-state index in [0.717, 1.165) is 13.0 Å². The molecular formula is C12H19N7S. The van der Waals surface area contributed by atoms with Gasteiger partial charge >= 0.3 is 0 Å². The van der Waals surface area contributed by atoms with Crippen molar-refractivity contribution in [2.45, 2.75) is 12.8 Å². The van der Waals surface area contributed by atoms with Gasteiger partial charge in [0.25, 0.3) is 0 Å². The molecule has 20 heavy (non-hydrogen) atoms. The lowest BCUT2D eigenvalue weighted by atomic mass is 10.3. The monoisotopic (exact) mass is 293 g/mol. The molecule has 108 valence electrons. The number of thioether (sulfide) groups is 1. The van der Waals surface area contributed by atoms with Crippen molar-refractivity contribution in [3.05, 3.63) is 18.7 Å².